The van der Waals surface area contributed by atoms with Crippen LogP contribution in [-0.4, -0.2) is 52.0 Å². The normalized spacial score (nSPS) is 30.0. The predicted molar refractivity (Wildman–Crippen MR) is 112 cm³/mol. The fourth-order valence-corrected chi connectivity index (χ4v) is 4.46. The van der Waals surface area contributed by atoms with Crippen LogP contribution < -0.4 is 5.32 Å². The van der Waals surface area contributed by atoms with Crippen molar-refractivity contribution in [1.29, 1.82) is 0 Å². The van der Waals surface area contributed by atoms with E-state index in [0.717, 1.165) is 18.6 Å². The lowest BCUT2D eigenvalue weighted by atomic mass is 9.90. The highest BCUT2D eigenvalue weighted by molar-refractivity contribution is 6.74. The number of hydrogen-bond acceptors (Lipinski definition) is 5. The van der Waals surface area contributed by atoms with Crippen molar-refractivity contribution < 1.29 is 18.6 Å². The van der Waals surface area contributed by atoms with Gasteiger partial charge in [-0.2, -0.15) is 0 Å². The molecule has 0 amide bonds. The zero-order chi connectivity index (χ0) is 20.3. The van der Waals surface area contributed by atoms with Gasteiger partial charge in [-0.3, -0.25) is 0 Å². The van der Waals surface area contributed by atoms with Gasteiger partial charge in [-0.15, -0.1) is 0 Å². The minimum absolute atomic E-state index is 0.0306. The number of hydrogen-bond donors (Lipinski definition) is 1. The quantitative estimate of drug-likeness (QED) is 0.356. The summed E-state index contributed by atoms with van der Waals surface area (Å²) < 4.78 is 23.7. The smallest absolute Gasteiger partial charge is 0.191 e. The van der Waals surface area contributed by atoms with Crippen molar-refractivity contribution >= 4 is 19.9 Å². The summed E-state index contributed by atoms with van der Waals surface area (Å²) in [5.74, 6) is 0.743. The fraction of sp³-hybridized carbons (Fsp3) is 0.800. The molecule has 1 saturated heterocycles. The molecule has 27 heavy (non-hydrogen) atoms. The number of alkyl halides is 1. The zero-order valence-electron chi connectivity index (χ0n) is 17.9. The molecule has 7 heteroatoms. The lowest BCUT2D eigenvalue weighted by Crippen LogP contribution is -2.59. The number of nitrogens with one attached hydrogen (secondary N) is 1. The molecule has 1 unspecified atom stereocenters. The molecule has 5 nitrogen and oxygen atoms in total. The van der Waals surface area contributed by atoms with Crippen LogP contribution in [0.4, 0.5) is 0 Å². The van der Waals surface area contributed by atoms with E-state index in [4.69, 9.17) is 30.2 Å². The molecule has 0 aromatic heterocycles. The van der Waals surface area contributed by atoms with Gasteiger partial charge >= 0.3 is 0 Å². The Hall–Kier alpha value is -0.533. The monoisotopic (exact) mass is 417 g/mol. The van der Waals surface area contributed by atoms with E-state index in [9.17, 15) is 0 Å². The van der Waals surface area contributed by atoms with Gasteiger partial charge in [-0.1, -0.05) is 32.4 Å². The molecule has 2 aliphatic heterocycles. The highest BCUT2D eigenvalue weighted by Gasteiger charge is 2.53. The number of allylic oxidation sites excluding steroid dienone is 1. The second-order valence-electron chi connectivity index (χ2n) is 9.06. The van der Waals surface area contributed by atoms with E-state index in [1.54, 1.807) is 7.11 Å². The molecule has 0 saturated carbocycles. The second kappa shape index (κ2) is 8.45. The molecular weight excluding hydrogens is 382 g/mol. The Morgan fingerprint density at radius 2 is 2.07 bits per heavy atom. The largest absolute Gasteiger partial charge is 0.491 e. The third-order valence-corrected chi connectivity index (χ3v) is 11.2. The molecule has 0 spiro atoms. The fourth-order valence-electron chi connectivity index (χ4n) is 3.00. The first-order valence-electron chi connectivity index (χ1n) is 9.74. The number of methoxy groups -OCH3 is 1. The summed E-state index contributed by atoms with van der Waals surface area (Å²) in [6.45, 7) is 15.2. The Morgan fingerprint density at radius 1 is 1.37 bits per heavy atom. The standard InChI is InChI=1S/C20H36ClNO4Si/c1-16(9-12-25-27(6,7)18(2,3)4)26-17-8-11-22-20(21,14-17)19(23-5)10-13-24-15-19/h8,11,14,16,22H,9-10,12-13,15H2,1-7H3/t16-,19+,20?/m0/s1. The van der Waals surface area contributed by atoms with E-state index in [0.29, 0.717) is 19.8 Å². The molecule has 156 valence electrons. The van der Waals surface area contributed by atoms with Crippen molar-refractivity contribution in [1.82, 2.24) is 5.32 Å². The van der Waals surface area contributed by atoms with Gasteiger partial charge in [0.15, 0.2) is 13.3 Å². The minimum atomic E-state index is -1.73. The molecule has 2 rings (SSSR count). The van der Waals surface area contributed by atoms with Crippen LogP contribution in [-0.2, 0) is 18.6 Å². The molecule has 0 bridgehead atoms. The van der Waals surface area contributed by atoms with Gasteiger partial charge in [0.05, 0.1) is 12.7 Å². The zero-order valence-corrected chi connectivity index (χ0v) is 19.6. The van der Waals surface area contributed by atoms with Gasteiger partial charge in [-0.25, -0.2) is 0 Å². The van der Waals surface area contributed by atoms with Crippen molar-refractivity contribution in [2.24, 2.45) is 0 Å². The summed E-state index contributed by atoms with van der Waals surface area (Å²) in [6.07, 6.45) is 7.21. The van der Waals surface area contributed by atoms with Crippen LogP contribution in [0.1, 0.15) is 40.5 Å². The molecule has 0 aliphatic carbocycles. The SMILES string of the molecule is CO[C@]1(C2(Cl)C=C(O[C@@H](C)CCO[Si](C)(C)C(C)(C)C)C=CN2)CCOC1. The van der Waals surface area contributed by atoms with E-state index >= 15 is 0 Å². The molecule has 0 aromatic rings. The Labute approximate surface area is 170 Å². The summed E-state index contributed by atoms with van der Waals surface area (Å²) in [4.78, 5) is -0.889. The Morgan fingerprint density at radius 3 is 2.63 bits per heavy atom. The Kier molecular flexibility index (Phi) is 7.12. The molecule has 0 aromatic carbocycles. The van der Waals surface area contributed by atoms with Gasteiger partial charge in [-0.05, 0) is 31.1 Å². The Bertz CT molecular complexity index is 567. The Balaban J connectivity index is 1.94. The molecular formula is C20H36ClNO4Si. The third kappa shape index (κ3) is 5.09. The van der Waals surface area contributed by atoms with Gasteiger partial charge in [0.2, 0.25) is 0 Å². The van der Waals surface area contributed by atoms with Gasteiger partial charge in [0.1, 0.15) is 11.4 Å². The average molecular weight is 418 g/mol. The van der Waals surface area contributed by atoms with Crippen molar-refractivity contribution in [3.05, 3.63) is 24.1 Å². The first-order chi connectivity index (χ1) is 12.4. The first kappa shape index (κ1) is 22.8. The first-order valence-corrected chi connectivity index (χ1v) is 13.0. The van der Waals surface area contributed by atoms with E-state index in [1.807, 2.05) is 18.4 Å². The average Bonchev–Trinajstić information content (AvgIpc) is 3.04. The minimum Gasteiger partial charge on any atom is -0.491 e. The molecule has 1 fully saturated rings. The van der Waals surface area contributed by atoms with Gasteiger partial charge < -0.3 is 24.0 Å². The van der Waals surface area contributed by atoms with E-state index in [2.05, 4.69) is 46.1 Å². The maximum atomic E-state index is 6.89. The van der Waals surface area contributed by atoms with Crippen LogP contribution in [0.25, 0.3) is 0 Å². The topological polar surface area (TPSA) is 49.0 Å². The van der Waals surface area contributed by atoms with E-state index in [-0.39, 0.29) is 11.1 Å². The highest BCUT2D eigenvalue weighted by Crippen LogP contribution is 2.40. The molecule has 1 N–H and O–H groups in total. The molecule has 2 heterocycles. The van der Waals surface area contributed by atoms with Crippen LogP contribution in [0.2, 0.25) is 18.1 Å². The number of dihydropyridines is 1. The van der Waals surface area contributed by atoms with Crippen LogP contribution in [0, 0.1) is 0 Å². The van der Waals surface area contributed by atoms with Crippen LogP contribution in [0.5, 0.6) is 0 Å². The van der Waals surface area contributed by atoms with E-state index in [1.165, 1.54) is 0 Å². The highest BCUT2D eigenvalue weighted by atomic mass is 35.5. The van der Waals surface area contributed by atoms with Crippen molar-refractivity contribution in [2.45, 2.75) is 75.4 Å². The molecule has 0 radical (unpaired) electrons. The lowest BCUT2D eigenvalue weighted by molar-refractivity contribution is -0.0447. The summed E-state index contributed by atoms with van der Waals surface area (Å²) in [7, 11) is -0.0508. The number of rotatable bonds is 8. The third-order valence-electron chi connectivity index (χ3n) is 6.05. The van der Waals surface area contributed by atoms with Crippen LogP contribution in [0.15, 0.2) is 24.1 Å². The van der Waals surface area contributed by atoms with Crippen molar-refractivity contribution in [2.75, 3.05) is 26.9 Å². The van der Waals surface area contributed by atoms with Gasteiger partial charge in [0.25, 0.3) is 0 Å². The number of ether oxygens (including phenoxy) is 3. The second-order valence-corrected chi connectivity index (χ2v) is 14.5. The van der Waals surface area contributed by atoms with Crippen molar-refractivity contribution in [3.8, 4) is 0 Å². The summed E-state index contributed by atoms with van der Waals surface area (Å²) >= 11 is 6.89. The predicted octanol–water partition coefficient (Wildman–Crippen LogP) is 4.54. The van der Waals surface area contributed by atoms with Gasteiger partial charge in [0, 0.05) is 45.4 Å². The van der Waals surface area contributed by atoms with Crippen LogP contribution >= 0.6 is 11.6 Å². The maximum Gasteiger partial charge on any atom is 0.191 e. The lowest BCUT2D eigenvalue weighted by Gasteiger charge is -2.42. The van der Waals surface area contributed by atoms with E-state index < -0.39 is 18.9 Å². The molecule has 2 aliphatic rings. The number of halogens is 1. The summed E-state index contributed by atoms with van der Waals surface area (Å²) in [6, 6.07) is 0. The summed E-state index contributed by atoms with van der Waals surface area (Å²) in [5, 5.41) is 3.43. The summed E-state index contributed by atoms with van der Waals surface area (Å²) in [5.41, 5.74) is -0.609. The maximum absolute atomic E-state index is 6.89. The molecule has 3 atom stereocenters. The van der Waals surface area contributed by atoms with Crippen molar-refractivity contribution in [3.63, 3.8) is 0 Å². The van der Waals surface area contributed by atoms with Crippen LogP contribution in [0.3, 0.4) is 0 Å².